The van der Waals surface area contributed by atoms with Crippen molar-refractivity contribution in [2.45, 2.75) is 43.6 Å². The maximum atomic E-state index is 12.2. The molecule has 0 radical (unpaired) electrons. The predicted octanol–water partition coefficient (Wildman–Crippen LogP) is 2.07. The lowest BCUT2D eigenvalue weighted by atomic mass is 10.1. The number of amides is 1. The molecule has 0 spiro atoms. The molecule has 0 saturated carbocycles. The summed E-state index contributed by atoms with van der Waals surface area (Å²) >= 11 is 1.31. The maximum absolute atomic E-state index is 12.2. The SMILES string of the molecule is COc1ccc(-n2nnnc2S[C@@H](C)C(=O)NC(C)(C)C)cc1. The van der Waals surface area contributed by atoms with Gasteiger partial charge in [0.05, 0.1) is 18.0 Å². The number of carbonyl (C=O) groups excluding carboxylic acids is 1. The number of nitrogens with one attached hydrogen (secondary N) is 1. The molecule has 0 fully saturated rings. The van der Waals surface area contributed by atoms with Gasteiger partial charge in [0.15, 0.2) is 0 Å². The van der Waals surface area contributed by atoms with E-state index in [0.29, 0.717) is 5.16 Å². The third-order valence-corrected chi connectivity index (χ3v) is 3.94. The van der Waals surface area contributed by atoms with E-state index in [1.807, 2.05) is 52.0 Å². The number of ether oxygens (including phenoxy) is 1. The van der Waals surface area contributed by atoms with Crippen LogP contribution in [0.4, 0.5) is 0 Å². The van der Waals surface area contributed by atoms with Gasteiger partial charge in [-0.05, 0) is 62.4 Å². The molecular formula is C15H21N5O2S. The lowest BCUT2D eigenvalue weighted by Gasteiger charge is -2.22. The van der Waals surface area contributed by atoms with Crippen LogP contribution in [0.3, 0.4) is 0 Å². The lowest BCUT2D eigenvalue weighted by molar-refractivity contribution is -0.121. The van der Waals surface area contributed by atoms with Gasteiger partial charge in [-0.25, -0.2) is 0 Å². The van der Waals surface area contributed by atoms with Gasteiger partial charge in [0.1, 0.15) is 5.75 Å². The molecule has 124 valence electrons. The van der Waals surface area contributed by atoms with Crippen LogP contribution in [-0.2, 0) is 4.79 Å². The Kier molecular flexibility index (Phi) is 5.25. The Labute approximate surface area is 139 Å². The lowest BCUT2D eigenvalue weighted by Crippen LogP contribution is -2.44. The number of rotatable bonds is 5. The van der Waals surface area contributed by atoms with Crippen molar-refractivity contribution in [1.29, 1.82) is 0 Å². The zero-order valence-electron chi connectivity index (χ0n) is 13.9. The molecule has 0 bridgehead atoms. The monoisotopic (exact) mass is 335 g/mol. The number of hydrogen-bond donors (Lipinski definition) is 1. The molecule has 0 aliphatic heterocycles. The van der Waals surface area contributed by atoms with Crippen molar-refractivity contribution in [2.75, 3.05) is 7.11 Å². The Hall–Kier alpha value is -2.09. The van der Waals surface area contributed by atoms with Gasteiger partial charge in [-0.15, -0.1) is 5.10 Å². The second kappa shape index (κ2) is 6.99. The van der Waals surface area contributed by atoms with E-state index >= 15 is 0 Å². The summed E-state index contributed by atoms with van der Waals surface area (Å²) in [5.41, 5.74) is 0.537. The van der Waals surface area contributed by atoms with Gasteiger partial charge in [-0.3, -0.25) is 4.79 Å². The van der Waals surface area contributed by atoms with E-state index < -0.39 is 0 Å². The highest BCUT2D eigenvalue weighted by molar-refractivity contribution is 8.00. The van der Waals surface area contributed by atoms with E-state index in [2.05, 4.69) is 20.8 Å². The normalized spacial score (nSPS) is 12.7. The highest BCUT2D eigenvalue weighted by Crippen LogP contribution is 2.24. The Morgan fingerprint density at radius 1 is 1.30 bits per heavy atom. The first kappa shape index (κ1) is 17.3. The summed E-state index contributed by atoms with van der Waals surface area (Å²) in [6.45, 7) is 7.68. The average molecular weight is 335 g/mol. The van der Waals surface area contributed by atoms with E-state index in [4.69, 9.17) is 4.74 Å². The van der Waals surface area contributed by atoms with Gasteiger partial charge < -0.3 is 10.1 Å². The molecule has 0 aliphatic carbocycles. The Morgan fingerprint density at radius 3 is 2.52 bits per heavy atom. The number of hydrogen-bond acceptors (Lipinski definition) is 6. The van der Waals surface area contributed by atoms with Crippen LogP contribution in [0.1, 0.15) is 27.7 Å². The second-order valence-corrected chi connectivity index (χ2v) is 7.38. The largest absolute Gasteiger partial charge is 0.497 e. The van der Waals surface area contributed by atoms with Crippen LogP contribution in [0.15, 0.2) is 29.4 Å². The Bertz CT molecular complexity index is 663. The van der Waals surface area contributed by atoms with Crippen molar-refractivity contribution in [3.63, 3.8) is 0 Å². The van der Waals surface area contributed by atoms with Gasteiger partial charge in [-0.1, -0.05) is 11.8 Å². The van der Waals surface area contributed by atoms with E-state index in [-0.39, 0.29) is 16.7 Å². The number of benzene rings is 1. The maximum Gasteiger partial charge on any atom is 0.233 e. The molecule has 23 heavy (non-hydrogen) atoms. The molecule has 0 saturated heterocycles. The van der Waals surface area contributed by atoms with Crippen LogP contribution < -0.4 is 10.1 Å². The van der Waals surface area contributed by atoms with Crippen molar-refractivity contribution in [2.24, 2.45) is 0 Å². The molecule has 2 rings (SSSR count). The quantitative estimate of drug-likeness (QED) is 0.842. The first-order valence-electron chi connectivity index (χ1n) is 7.21. The smallest absolute Gasteiger partial charge is 0.233 e. The minimum absolute atomic E-state index is 0.0493. The third kappa shape index (κ3) is 4.69. The number of tetrazole rings is 1. The van der Waals surface area contributed by atoms with E-state index in [1.54, 1.807) is 11.8 Å². The fourth-order valence-corrected chi connectivity index (χ4v) is 2.63. The molecule has 1 aromatic carbocycles. The van der Waals surface area contributed by atoms with Crippen molar-refractivity contribution >= 4 is 17.7 Å². The van der Waals surface area contributed by atoms with Crippen LogP contribution in [0.2, 0.25) is 0 Å². The summed E-state index contributed by atoms with van der Waals surface area (Å²) in [4.78, 5) is 12.2. The molecule has 1 N–H and O–H groups in total. The zero-order valence-corrected chi connectivity index (χ0v) is 14.7. The molecule has 7 nitrogen and oxygen atoms in total. The molecule has 1 aromatic heterocycles. The van der Waals surface area contributed by atoms with E-state index in [1.165, 1.54) is 11.8 Å². The second-order valence-electron chi connectivity index (χ2n) is 6.07. The third-order valence-electron chi connectivity index (χ3n) is 2.91. The molecular weight excluding hydrogens is 314 g/mol. The molecule has 2 aromatic rings. The first-order chi connectivity index (χ1) is 10.8. The van der Waals surface area contributed by atoms with Crippen molar-refractivity contribution in [1.82, 2.24) is 25.5 Å². The van der Waals surface area contributed by atoms with Crippen molar-refractivity contribution in [3.05, 3.63) is 24.3 Å². The first-order valence-corrected chi connectivity index (χ1v) is 8.09. The van der Waals surface area contributed by atoms with Gasteiger partial charge in [-0.2, -0.15) is 4.68 Å². The number of aromatic nitrogens is 4. The average Bonchev–Trinajstić information content (AvgIpc) is 2.93. The predicted molar refractivity (Wildman–Crippen MR) is 88.9 cm³/mol. The summed E-state index contributed by atoms with van der Waals surface area (Å²) < 4.78 is 6.74. The minimum Gasteiger partial charge on any atom is -0.497 e. The molecule has 0 aliphatic rings. The van der Waals surface area contributed by atoms with E-state index in [0.717, 1.165) is 11.4 Å². The summed E-state index contributed by atoms with van der Waals surface area (Å²) in [6.07, 6.45) is 0. The highest BCUT2D eigenvalue weighted by atomic mass is 32.2. The Morgan fingerprint density at radius 2 is 1.96 bits per heavy atom. The van der Waals surface area contributed by atoms with Crippen LogP contribution in [0.25, 0.3) is 5.69 Å². The molecule has 1 atom stereocenters. The van der Waals surface area contributed by atoms with Gasteiger partial charge in [0.2, 0.25) is 11.1 Å². The van der Waals surface area contributed by atoms with Crippen LogP contribution >= 0.6 is 11.8 Å². The van der Waals surface area contributed by atoms with Gasteiger partial charge in [0, 0.05) is 5.54 Å². The highest BCUT2D eigenvalue weighted by Gasteiger charge is 2.22. The number of methoxy groups -OCH3 is 1. The summed E-state index contributed by atoms with van der Waals surface area (Å²) in [5, 5.41) is 14.9. The number of thioether (sulfide) groups is 1. The van der Waals surface area contributed by atoms with E-state index in [9.17, 15) is 4.79 Å². The van der Waals surface area contributed by atoms with Crippen LogP contribution in [-0.4, -0.2) is 44.0 Å². The molecule has 8 heteroatoms. The minimum atomic E-state index is -0.308. The van der Waals surface area contributed by atoms with Gasteiger partial charge in [0.25, 0.3) is 0 Å². The fourth-order valence-electron chi connectivity index (χ4n) is 1.82. The summed E-state index contributed by atoms with van der Waals surface area (Å²) in [6, 6.07) is 7.39. The van der Waals surface area contributed by atoms with Crippen LogP contribution in [0.5, 0.6) is 5.75 Å². The van der Waals surface area contributed by atoms with Gasteiger partial charge >= 0.3 is 0 Å². The zero-order chi connectivity index (χ0) is 17.0. The number of carbonyl (C=O) groups is 1. The Balaban J connectivity index is 2.13. The number of nitrogens with zero attached hydrogens (tertiary/aromatic N) is 4. The summed E-state index contributed by atoms with van der Waals surface area (Å²) in [7, 11) is 1.61. The molecule has 0 unspecified atom stereocenters. The molecule has 1 amide bonds. The molecule has 1 heterocycles. The van der Waals surface area contributed by atoms with Crippen LogP contribution in [0, 0.1) is 0 Å². The van der Waals surface area contributed by atoms with Crippen molar-refractivity contribution < 1.29 is 9.53 Å². The van der Waals surface area contributed by atoms with Crippen molar-refractivity contribution in [3.8, 4) is 11.4 Å². The summed E-state index contributed by atoms with van der Waals surface area (Å²) in [5.74, 6) is 0.709. The standard InChI is InChI=1S/C15H21N5O2S/c1-10(13(21)16-15(2,3)4)23-14-17-18-19-20(14)11-6-8-12(22-5)9-7-11/h6-10H,1-5H3,(H,16,21)/t10-/m0/s1. The topological polar surface area (TPSA) is 81.9 Å². The fraction of sp³-hybridized carbons (Fsp3) is 0.467.